The van der Waals surface area contributed by atoms with Crippen LogP contribution in [0.1, 0.15) is 11.1 Å². The third-order valence-electron chi connectivity index (χ3n) is 1.98. The molecule has 0 saturated heterocycles. The van der Waals surface area contributed by atoms with Gasteiger partial charge in [0.05, 0.1) is 8.45 Å². The molecule has 0 aliphatic carbocycles. The zero-order chi connectivity index (χ0) is 9.42. The van der Waals surface area contributed by atoms with E-state index in [4.69, 9.17) is 5.26 Å². The van der Waals surface area contributed by atoms with Gasteiger partial charge in [0, 0.05) is 10.1 Å². The molecule has 0 spiro atoms. The number of rotatable bonds is 0. The standard InChI is InChI=1S/C10H6INS/c1-6-3-2-4-7-8(5-12)10(11)13-9(6)7/h2-4H,1H3. The van der Waals surface area contributed by atoms with Crippen LogP contribution in [-0.4, -0.2) is 0 Å². The maximum Gasteiger partial charge on any atom is 0.102 e. The van der Waals surface area contributed by atoms with E-state index in [0.717, 1.165) is 13.8 Å². The molecule has 0 radical (unpaired) electrons. The highest BCUT2D eigenvalue weighted by Gasteiger charge is 2.09. The minimum atomic E-state index is 0.823. The molecule has 2 aromatic rings. The molecule has 1 aromatic carbocycles. The second kappa shape index (κ2) is 3.28. The second-order valence-corrected chi connectivity index (χ2v) is 5.65. The van der Waals surface area contributed by atoms with Crippen LogP contribution in [0, 0.1) is 21.1 Å². The van der Waals surface area contributed by atoms with Crippen LogP contribution < -0.4 is 0 Å². The lowest BCUT2D eigenvalue weighted by Crippen LogP contribution is -1.74. The van der Waals surface area contributed by atoms with Crippen LogP contribution in [0.2, 0.25) is 0 Å². The van der Waals surface area contributed by atoms with Crippen molar-refractivity contribution in [3.8, 4) is 6.07 Å². The van der Waals surface area contributed by atoms with Crippen LogP contribution in [-0.2, 0) is 0 Å². The molecule has 0 aliphatic heterocycles. The SMILES string of the molecule is Cc1cccc2c(C#N)c(I)sc12. The van der Waals surface area contributed by atoms with E-state index in [2.05, 4.69) is 41.7 Å². The summed E-state index contributed by atoms with van der Waals surface area (Å²) in [5.41, 5.74) is 2.08. The molecule has 0 amide bonds. The summed E-state index contributed by atoms with van der Waals surface area (Å²) in [5, 5.41) is 10.0. The van der Waals surface area contributed by atoms with Crippen LogP contribution >= 0.6 is 33.9 Å². The molecule has 0 aliphatic rings. The molecule has 64 valence electrons. The van der Waals surface area contributed by atoms with Crippen molar-refractivity contribution < 1.29 is 0 Å². The van der Waals surface area contributed by atoms with Crippen molar-refractivity contribution in [2.24, 2.45) is 0 Å². The lowest BCUT2D eigenvalue weighted by Gasteiger charge is -1.92. The van der Waals surface area contributed by atoms with E-state index in [-0.39, 0.29) is 0 Å². The monoisotopic (exact) mass is 299 g/mol. The van der Waals surface area contributed by atoms with E-state index in [1.165, 1.54) is 10.3 Å². The van der Waals surface area contributed by atoms with Crippen LogP contribution in [0.25, 0.3) is 10.1 Å². The van der Waals surface area contributed by atoms with E-state index < -0.39 is 0 Å². The molecule has 1 nitrogen and oxygen atoms in total. The summed E-state index contributed by atoms with van der Waals surface area (Å²) >= 11 is 3.92. The van der Waals surface area contributed by atoms with Crippen molar-refractivity contribution in [3.05, 3.63) is 32.2 Å². The minimum absolute atomic E-state index is 0.823. The smallest absolute Gasteiger partial charge is 0.102 e. The Kier molecular flexibility index (Phi) is 2.26. The van der Waals surface area contributed by atoms with Gasteiger partial charge in [0.15, 0.2) is 0 Å². The first kappa shape index (κ1) is 8.97. The number of nitrogens with zero attached hydrogens (tertiary/aromatic N) is 1. The molecule has 1 aromatic heterocycles. The van der Waals surface area contributed by atoms with Gasteiger partial charge in [-0.25, -0.2) is 0 Å². The fourth-order valence-electron chi connectivity index (χ4n) is 1.34. The Bertz CT molecular complexity index is 507. The third-order valence-corrected chi connectivity index (χ3v) is 4.31. The van der Waals surface area contributed by atoms with Crippen LogP contribution in [0.3, 0.4) is 0 Å². The van der Waals surface area contributed by atoms with Crippen molar-refractivity contribution in [1.29, 1.82) is 5.26 Å². The van der Waals surface area contributed by atoms with Gasteiger partial charge >= 0.3 is 0 Å². The fraction of sp³-hybridized carbons (Fsp3) is 0.100. The molecule has 3 heteroatoms. The maximum absolute atomic E-state index is 8.95. The Morgan fingerprint density at radius 2 is 2.23 bits per heavy atom. The van der Waals surface area contributed by atoms with E-state index in [9.17, 15) is 0 Å². The molecule has 0 N–H and O–H groups in total. The number of hydrogen-bond acceptors (Lipinski definition) is 2. The average molecular weight is 299 g/mol. The van der Waals surface area contributed by atoms with Crippen molar-refractivity contribution in [3.63, 3.8) is 0 Å². The fourth-order valence-corrected chi connectivity index (χ4v) is 3.35. The molecule has 13 heavy (non-hydrogen) atoms. The van der Waals surface area contributed by atoms with E-state index >= 15 is 0 Å². The quantitative estimate of drug-likeness (QED) is 0.681. The summed E-state index contributed by atoms with van der Waals surface area (Å²) in [7, 11) is 0. The van der Waals surface area contributed by atoms with Crippen molar-refractivity contribution in [1.82, 2.24) is 0 Å². The largest absolute Gasteiger partial charge is 0.192 e. The van der Waals surface area contributed by atoms with Crippen LogP contribution in [0.15, 0.2) is 18.2 Å². The second-order valence-electron chi connectivity index (χ2n) is 2.81. The van der Waals surface area contributed by atoms with Gasteiger partial charge in [0.1, 0.15) is 6.07 Å². The normalized spacial score (nSPS) is 10.2. The number of aryl methyl sites for hydroxylation is 1. The first-order chi connectivity index (χ1) is 6.24. The Morgan fingerprint density at radius 3 is 2.92 bits per heavy atom. The lowest BCUT2D eigenvalue weighted by atomic mass is 10.1. The summed E-state index contributed by atoms with van der Waals surface area (Å²) in [5.74, 6) is 0. The van der Waals surface area contributed by atoms with Gasteiger partial charge in [0.25, 0.3) is 0 Å². The highest BCUT2D eigenvalue weighted by Crippen LogP contribution is 2.33. The number of fused-ring (bicyclic) bond motifs is 1. The topological polar surface area (TPSA) is 23.8 Å². The van der Waals surface area contributed by atoms with E-state index in [1.807, 2.05) is 12.1 Å². The third kappa shape index (κ3) is 1.34. The minimum Gasteiger partial charge on any atom is -0.192 e. The average Bonchev–Trinajstić information content (AvgIpc) is 2.43. The molecule has 0 atom stereocenters. The zero-order valence-electron chi connectivity index (χ0n) is 6.97. The highest BCUT2D eigenvalue weighted by atomic mass is 127. The van der Waals surface area contributed by atoms with Gasteiger partial charge < -0.3 is 0 Å². The molecular formula is C10H6INS. The molecule has 2 rings (SSSR count). The van der Waals surface area contributed by atoms with Gasteiger partial charge in [-0.1, -0.05) is 18.2 Å². The summed E-state index contributed by atoms with van der Waals surface area (Å²) in [6, 6.07) is 8.34. The summed E-state index contributed by atoms with van der Waals surface area (Å²) in [6.07, 6.45) is 0. The molecule has 0 unspecified atom stereocenters. The lowest BCUT2D eigenvalue weighted by molar-refractivity contribution is 1.51. The predicted octanol–water partition coefficient (Wildman–Crippen LogP) is 3.69. The van der Waals surface area contributed by atoms with Crippen molar-refractivity contribution >= 4 is 44.0 Å². The number of halogens is 1. The zero-order valence-corrected chi connectivity index (χ0v) is 9.94. The molecule has 0 saturated carbocycles. The van der Waals surface area contributed by atoms with Crippen LogP contribution in [0.5, 0.6) is 0 Å². The van der Waals surface area contributed by atoms with Crippen LogP contribution in [0.4, 0.5) is 0 Å². The number of nitriles is 1. The van der Waals surface area contributed by atoms with Gasteiger partial charge in [-0.05, 0) is 35.1 Å². The van der Waals surface area contributed by atoms with Crippen molar-refractivity contribution in [2.45, 2.75) is 6.92 Å². The van der Waals surface area contributed by atoms with Crippen molar-refractivity contribution in [2.75, 3.05) is 0 Å². The predicted molar refractivity (Wildman–Crippen MR) is 64.0 cm³/mol. The van der Waals surface area contributed by atoms with Gasteiger partial charge in [-0.3, -0.25) is 0 Å². The van der Waals surface area contributed by atoms with E-state index in [1.54, 1.807) is 11.3 Å². The number of hydrogen-bond donors (Lipinski definition) is 0. The Labute approximate surface area is 94.1 Å². The highest BCUT2D eigenvalue weighted by molar-refractivity contribution is 14.1. The Morgan fingerprint density at radius 1 is 1.46 bits per heavy atom. The van der Waals surface area contributed by atoms with Gasteiger partial charge in [-0.2, -0.15) is 5.26 Å². The first-order valence-electron chi connectivity index (χ1n) is 3.81. The first-order valence-corrected chi connectivity index (χ1v) is 5.71. The summed E-state index contributed by atoms with van der Waals surface area (Å²) < 4.78 is 2.33. The summed E-state index contributed by atoms with van der Waals surface area (Å²) in [4.78, 5) is 0. The molecular weight excluding hydrogens is 293 g/mol. The Balaban J connectivity index is 2.96. The van der Waals surface area contributed by atoms with Gasteiger partial charge in [0.2, 0.25) is 0 Å². The summed E-state index contributed by atoms with van der Waals surface area (Å²) in [6.45, 7) is 2.08. The number of thiophene rings is 1. The van der Waals surface area contributed by atoms with Gasteiger partial charge in [-0.15, -0.1) is 11.3 Å². The molecule has 0 bridgehead atoms. The maximum atomic E-state index is 8.95. The molecule has 0 fully saturated rings. The molecule has 1 heterocycles. The Hall–Kier alpha value is -0.600. The van der Waals surface area contributed by atoms with E-state index in [0.29, 0.717) is 0 Å². The number of benzene rings is 1.